The molecule has 1 aromatic carbocycles. The van der Waals surface area contributed by atoms with Crippen LogP contribution in [0, 0.1) is 34.4 Å². The molecule has 3 saturated carbocycles. The zero-order valence-corrected chi connectivity index (χ0v) is 17.6. The van der Waals surface area contributed by atoms with E-state index >= 15 is 0 Å². The summed E-state index contributed by atoms with van der Waals surface area (Å²) in [4.78, 5) is 0. The molecule has 156 valence electrons. The zero-order chi connectivity index (χ0) is 20.4. The Morgan fingerprint density at radius 1 is 1.07 bits per heavy atom. The lowest BCUT2D eigenvalue weighted by atomic mass is 9.48. The highest BCUT2D eigenvalue weighted by Gasteiger charge is 2.59. The van der Waals surface area contributed by atoms with Gasteiger partial charge in [0.25, 0.3) is 0 Å². The zero-order valence-electron chi connectivity index (χ0n) is 17.6. The van der Waals surface area contributed by atoms with E-state index in [0.717, 1.165) is 56.1 Å². The van der Waals surface area contributed by atoms with Crippen LogP contribution < -0.4 is 0 Å². The molecule has 4 aliphatic rings. The highest BCUT2D eigenvalue weighted by molar-refractivity contribution is 5.55. The minimum absolute atomic E-state index is 0.0871. The molecule has 0 aliphatic heterocycles. The summed E-state index contributed by atoms with van der Waals surface area (Å²) in [6.07, 6.45) is 10.9. The van der Waals surface area contributed by atoms with Gasteiger partial charge in [-0.25, -0.2) is 4.39 Å². The molecule has 0 spiro atoms. The first kappa shape index (κ1) is 19.5. The number of halogens is 1. The van der Waals surface area contributed by atoms with Gasteiger partial charge in [0.15, 0.2) is 0 Å². The number of benzene rings is 1. The molecule has 2 N–H and O–H groups in total. The van der Waals surface area contributed by atoms with Crippen LogP contribution in [-0.4, -0.2) is 22.4 Å². The minimum Gasteiger partial charge on any atom is -0.393 e. The summed E-state index contributed by atoms with van der Waals surface area (Å²) in [5, 5.41) is 21.5. The highest BCUT2D eigenvalue weighted by Crippen LogP contribution is 2.65. The Morgan fingerprint density at radius 2 is 1.90 bits per heavy atom. The summed E-state index contributed by atoms with van der Waals surface area (Å²) in [5.74, 6) is 1.48. The Hall–Kier alpha value is -1.45. The van der Waals surface area contributed by atoms with Crippen LogP contribution in [-0.2, 0) is 0 Å². The van der Waals surface area contributed by atoms with E-state index in [2.05, 4.69) is 19.9 Å². The predicted molar refractivity (Wildman–Crippen MR) is 113 cm³/mol. The summed E-state index contributed by atoms with van der Waals surface area (Å²) >= 11 is 0. The van der Waals surface area contributed by atoms with Crippen molar-refractivity contribution in [2.75, 3.05) is 0 Å². The molecular formula is C26H33FO2. The molecule has 0 amide bonds. The number of hydrogen-bond acceptors (Lipinski definition) is 2. The van der Waals surface area contributed by atoms with Crippen LogP contribution in [0.4, 0.5) is 4.39 Å². The summed E-state index contributed by atoms with van der Waals surface area (Å²) in [7, 11) is 0. The third kappa shape index (κ3) is 2.96. The van der Waals surface area contributed by atoms with Gasteiger partial charge >= 0.3 is 0 Å². The lowest BCUT2D eigenvalue weighted by Gasteiger charge is -2.57. The molecule has 0 heterocycles. The maximum absolute atomic E-state index is 13.6. The topological polar surface area (TPSA) is 40.5 Å². The number of aliphatic hydroxyl groups excluding tert-OH is 2. The van der Waals surface area contributed by atoms with Gasteiger partial charge in [0.1, 0.15) is 5.82 Å². The van der Waals surface area contributed by atoms with Crippen molar-refractivity contribution in [3.63, 3.8) is 0 Å². The van der Waals surface area contributed by atoms with Crippen molar-refractivity contribution in [2.24, 2.45) is 28.6 Å². The van der Waals surface area contributed by atoms with Crippen LogP contribution in [0.3, 0.4) is 0 Å². The molecule has 5 rings (SSSR count). The molecule has 4 aliphatic carbocycles. The van der Waals surface area contributed by atoms with Gasteiger partial charge in [0.2, 0.25) is 0 Å². The summed E-state index contributed by atoms with van der Waals surface area (Å²) < 4.78 is 13.6. The van der Waals surface area contributed by atoms with Crippen LogP contribution in [0.25, 0.3) is 6.08 Å². The van der Waals surface area contributed by atoms with Crippen molar-refractivity contribution in [3.8, 4) is 0 Å². The van der Waals surface area contributed by atoms with Crippen molar-refractivity contribution in [2.45, 2.75) is 71.0 Å². The molecule has 7 atom stereocenters. The van der Waals surface area contributed by atoms with Crippen LogP contribution in [0.1, 0.15) is 64.4 Å². The summed E-state index contributed by atoms with van der Waals surface area (Å²) in [6.45, 7) is 4.70. The number of allylic oxidation sites excluding steroid dienone is 1. The summed E-state index contributed by atoms with van der Waals surface area (Å²) in [6, 6.07) is 6.67. The average Bonchev–Trinajstić information content (AvgIpc) is 2.93. The molecular weight excluding hydrogens is 363 g/mol. The van der Waals surface area contributed by atoms with Gasteiger partial charge in [-0.2, -0.15) is 0 Å². The fourth-order valence-corrected chi connectivity index (χ4v) is 7.45. The molecule has 29 heavy (non-hydrogen) atoms. The van der Waals surface area contributed by atoms with E-state index < -0.39 is 6.10 Å². The fraction of sp³-hybridized carbons (Fsp3) is 0.615. The van der Waals surface area contributed by atoms with Gasteiger partial charge in [-0.05, 0) is 91.4 Å². The third-order valence-corrected chi connectivity index (χ3v) is 9.15. The van der Waals surface area contributed by atoms with E-state index in [9.17, 15) is 14.6 Å². The highest BCUT2D eigenvalue weighted by atomic mass is 19.1. The first-order chi connectivity index (χ1) is 13.8. The van der Waals surface area contributed by atoms with E-state index in [1.807, 2.05) is 12.1 Å². The van der Waals surface area contributed by atoms with Crippen molar-refractivity contribution < 1.29 is 14.6 Å². The van der Waals surface area contributed by atoms with E-state index in [-0.39, 0.29) is 22.8 Å². The Balaban J connectivity index is 1.47. The predicted octanol–water partition coefficient (Wildman–Crippen LogP) is 5.50. The lowest BCUT2D eigenvalue weighted by molar-refractivity contribution is -0.0685. The van der Waals surface area contributed by atoms with E-state index in [1.54, 1.807) is 12.1 Å². The maximum atomic E-state index is 13.6. The number of fused-ring (bicyclic) bond motifs is 5. The molecule has 0 saturated heterocycles. The van der Waals surface area contributed by atoms with Gasteiger partial charge in [0.05, 0.1) is 12.2 Å². The SMILES string of the molecule is C[C@]12CC[C@H]3[C@@H](CC=C4C[C@H](O)CC[C@@]43C)[C@@H]1C/C(=C\c1cccc(F)c1)[C@@H]2O. The Labute approximate surface area is 173 Å². The second kappa shape index (κ2) is 6.78. The number of aliphatic hydroxyl groups is 2. The van der Waals surface area contributed by atoms with Gasteiger partial charge in [-0.1, -0.05) is 43.7 Å². The smallest absolute Gasteiger partial charge is 0.123 e. The van der Waals surface area contributed by atoms with E-state index in [4.69, 9.17) is 0 Å². The third-order valence-electron chi connectivity index (χ3n) is 9.15. The van der Waals surface area contributed by atoms with Crippen LogP contribution in [0.2, 0.25) is 0 Å². The number of rotatable bonds is 1. The second-order valence-electron chi connectivity index (χ2n) is 10.6. The monoisotopic (exact) mass is 396 g/mol. The Kier molecular flexibility index (Phi) is 4.56. The summed E-state index contributed by atoms with van der Waals surface area (Å²) in [5.41, 5.74) is 3.52. The van der Waals surface area contributed by atoms with E-state index in [1.165, 1.54) is 11.6 Å². The van der Waals surface area contributed by atoms with E-state index in [0.29, 0.717) is 17.8 Å². The van der Waals surface area contributed by atoms with Crippen LogP contribution in [0.5, 0.6) is 0 Å². The van der Waals surface area contributed by atoms with Gasteiger partial charge in [0, 0.05) is 5.41 Å². The van der Waals surface area contributed by atoms with Crippen LogP contribution in [0.15, 0.2) is 41.5 Å². The van der Waals surface area contributed by atoms with Crippen molar-refractivity contribution in [3.05, 3.63) is 52.9 Å². The Morgan fingerprint density at radius 3 is 2.69 bits per heavy atom. The fourth-order valence-electron chi connectivity index (χ4n) is 7.45. The molecule has 0 aromatic heterocycles. The standard InChI is InChI=1S/C26H33FO2/c1-25-10-8-20(28)15-18(25)6-7-21-22(25)9-11-26(2)23(21)14-17(24(26)29)12-16-4-3-5-19(27)13-16/h3-6,12-13,20-24,28-29H,7-11,14-15H2,1-2H3/b17-12+/t20-,21-,22+,23+,24+,25+,26+/m1/s1. The molecule has 1 aromatic rings. The average molecular weight is 397 g/mol. The second-order valence-corrected chi connectivity index (χ2v) is 10.6. The van der Waals surface area contributed by atoms with Crippen molar-refractivity contribution >= 4 is 6.08 Å². The largest absolute Gasteiger partial charge is 0.393 e. The van der Waals surface area contributed by atoms with Crippen molar-refractivity contribution in [1.29, 1.82) is 0 Å². The molecule has 3 heteroatoms. The van der Waals surface area contributed by atoms with Crippen molar-refractivity contribution in [1.82, 2.24) is 0 Å². The van der Waals surface area contributed by atoms with Gasteiger partial charge in [-0.15, -0.1) is 0 Å². The minimum atomic E-state index is -0.442. The molecule has 2 nitrogen and oxygen atoms in total. The molecule has 3 fully saturated rings. The van der Waals surface area contributed by atoms with Gasteiger partial charge < -0.3 is 10.2 Å². The maximum Gasteiger partial charge on any atom is 0.123 e. The molecule has 0 unspecified atom stereocenters. The molecule has 0 bridgehead atoms. The first-order valence-corrected chi connectivity index (χ1v) is 11.3. The molecule has 0 radical (unpaired) electrons. The van der Waals surface area contributed by atoms with Gasteiger partial charge in [-0.3, -0.25) is 0 Å². The Bertz CT molecular complexity index is 873. The van der Waals surface area contributed by atoms with Crippen LogP contribution >= 0.6 is 0 Å². The first-order valence-electron chi connectivity index (χ1n) is 11.3. The quantitative estimate of drug-likeness (QED) is 0.615. The normalized spacial score (nSPS) is 45.3. The number of hydrogen-bond donors (Lipinski definition) is 2. The lowest BCUT2D eigenvalue weighted by Crippen LogP contribution is -2.51.